The quantitative estimate of drug-likeness (QED) is 0.0212. The molecule has 0 aliphatic heterocycles. The molecule has 0 aromatic rings. The Morgan fingerprint density at radius 1 is 0.439 bits per heavy atom. The molecule has 0 saturated carbocycles. The van der Waals surface area contributed by atoms with E-state index in [2.05, 4.69) is 86.8 Å². The van der Waals surface area contributed by atoms with E-state index in [0.717, 1.165) is 89.9 Å². The van der Waals surface area contributed by atoms with Crippen LogP contribution in [0.4, 0.5) is 0 Å². The standard InChI is InChI=1S/C72H133N2O7P/c1-7-10-13-16-19-22-25-28-30-32-33-34-35-36-37-38-39-40-41-42-44-47-50-53-56-59-62-65-72(76)81-70(63-60-57-54-51-48-45-27-24-21-18-15-12-9-3)69(68-80-82(77,78)79-67-66-74(4,5)6)73-71(75)64-61-58-55-52-49-46-43-31-29-26-23-20-17-14-11-8-2/h10,13,19,22,28,30,33-34,36-37,60,63,69-70H,7-9,11-12,14-18,20-21,23-27,29,31-32,35,38-59,61-62,64-68H2,1-6H3,(H-,73,75,77,78)/b13-10-,22-19-,30-28-,34-33-,37-36-,63-60-. The van der Waals surface area contributed by atoms with Gasteiger partial charge in [0.15, 0.2) is 0 Å². The number of esters is 1. The third kappa shape index (κ3) is 62.0. The van der Waals surface area contributed by atoms with Gasteiger partial charge in [-0.3, -0.25) is 14.2 Å². The van der Waals surface area contributed by atoms with Gasteiger partial charge in [-0.05, 0) is 76.7 Å². The van der Waals surface area contributed by atoms with E-state index < -0.39 is 20.0 Å². The van der Waals surface area contributed by atoms with Crippen molar-refractivity contribution in [3.05, 3.63) is 72.9 Å². The van der Waals surface area contributed by atoms with Crippen LogP contribution in [0.25, 0.3) is 0 Å². The lowest BCUT2D eigenvalue weighted by atomic mass is 10.0. The first-order valence-electron chi connectivity index (χ1n) is 34.7. The number of phosphoric ester groups is 1. The number of nitrogens with zero attached hydrogens (tertiary/aromatic N) is 1. The lowest BCUT2D eigenvalue weighted by Crippen LogP contribution is -2.47. The molecule has 0 spiro atoms. The molecule has 0 aliphatic carbocycles. The van der Waals surface area contributed by atoms with E-state index in [1.807, 2.05) is 33.3 Å². The van der Waals surface area contributed by atoms with Crippen molar-refractivity contribution < 1.29 is 37.3 Å². The molecule has 3 unspecified atom stereocenters. The Balaban J connectivity index is 5.08. The minimum Gasteiger partial charge on any atom is -0.756 e. The van der Waals surface area contributed by atoms with Crippen LogP contribution in [0.2, 0.25) is 0 Å². The zero-order chi connectivity index (χ0) is 60.0. The van der Waals surface area contributed by atoms with Crippen molar-refractivity contribution in [3.8, 4) is 0 Å². The molecule has 3 atom stereocenters. The zero-order valence-corrected chi connectivity index (χ0v) is 55.6. The number of likely N-dealkylation sites (N-methyl/N-ethyl adjacent to an activating group) is 1. The second-order valence-electron chi connectivity index (χ2n) is 24.7. The predicted molar refractivity (Wildman–Crippen MR) is 353 cm³/mol. The van der Waals surface area contributed by atoms with Gasteiger partial charge in [0.05, 0.1) is 33.8 Å². The van der Waals surface area contributed by atoms with Crippen molar-refractivity contribution in [2.24, 2.45) is 0 Å². The van der Waals surface area contributed by atoms with Gasteiger partial charge < -0.3 is 28.5 Å². The highest BCUT2D eigenvalue weighted by Crippen LogP contribution is 2.38. The summed E-state index contributed by atoms with van der Waals surface area (Å²) in [5.41, 5.74) is 0. The van der Waals surface area contributed by atoms with Crippen LogP contribution < -0.4 is 10.2 Å². The molecule has 0 fully saturated rings. The average molecular weight is 1170 g/mol. The fraction of sp³-hybridized carbons (Fsp3) is 0.806. The fourth-order valence-electron chi connectivity index (χ4n) is 10.1. The molecule has 1 N–H and O–H groups in total. The Labute approximate surface area is 508 Å². The molecule has 82 heavy (non-hydrogen) atoms. The molecular weight excluding hydrogens is 1040 g/mol. The number of carbonyl (C=O) groups is 2. The van der Waals surface area contributed by atoms with Gasteiger partial charge in [-0.15, -0.1) is 0 Å². The number of rotatable bonds is 63. The topological polar surface area (TPSA) is 114 Å². The second-order valence-corrected chi connectivity index (χ2v) is 26.1. The predicted octanol–water partition coefficient (Wildman–Crippen LogP) is 21.3. The minimum atomic E-state index is -4.70. The summed E-state index contributed by atoms with van der Waals surface area (Å²) < 4.78 is 30.4. The van der Waals surface area contributed by atoms with E-state index in [1.54, 1.807) is 0 Å². The third-order valence-electron chi connectivity index (χ3n) is 15.4. The normalized spacial score (nSPS) is 14.0. The Bertz CT molecular complexity index is 1630. The van der Waals surface area contributed by atoms with Crippen LogP contribution in [0.5, 0.6) is 0 Å². The lowest BCUT2D eigenvalue weighted by Gasteiger charge is -2.30. The van der Waals surface area contributed by atoms with Crippen LogP contribution in [0.15, 0.2) is 72.9 Å². The molecule has 0 radical (unpaired) electrons. The van der Waals surface area contributed by atoms with Gasteiger partial charge in [-0.1, -0.05) is 306 Å². The monoisotopic (exact) mass is 1170 g/mol. The molecule has 478 valence electrons. The molecule has 9 nitrogen and oxygen atoms in total. The van der Waals surface area contributed by atoms with E-state index in [1.165, 1.54) is 199 Å². The van der Waals surface area contributed by atoms with Crippen molar-refractivity contribution in [2.45, 2.75) is 335 Å². The van der Waals surface area contributed by atoms with Crippen LogP contribution in [0.1, 0.15) is 323 Å². The number of unbranched alkanes of at least 4 members (excludes halogenated alkanes) is 37. The highest BCUT2D eigenvalue weighted by atomic mass is 31.2. The first kappa shape index (κ1) is 79.5. The van der Waals surface area contributed by atoms with E-state index >= 15 is 0 Å². The van der Waals surface area contributed by atoms with Crippen LogP contribution in [-0.4, -0.2) is 69.4 Å². The van der Waals surface area contributed by atoms with Gasteiger partial charge in [-0.2, -0.15) is 0 Å². The maximum atomic E-state index is 13.6. The Morgan fingerprint density at radius 3 is 1.17 bits per heavy atom. The fourth-order valence-corrected chi connectivity index (χ4v) is 10.8. The second kappa shape index (κ2) is 61.5. The van der Waals surface area contributed by atoms with E-state index in [0.29, 0.717) is 17.4 Å². The summed E-state index contributed by atoms with van der Waals surface area (Å²) in [6.07, 6.45) is 80.1. The minimum absolute atomic E-state index is 0.0225. The summed E-state index contributed by atoms with van der Waals surface area (Å²) in [6.45, 7) is 6.77. The molecule has 0 aromatic heterocycles. The van der Waals surface area contributed by atoms with Gasteiger partial charge in [0.2, 0.25) is 5.91 Å². The maximum absolute atomic E-state index is 13.6. The summed E-state index contributed by atoms with van der Waals surface area (Å²) in [5, 5.41) is 3.04. The third-order valence-corrected chi connectivity index (χ3v) is 16.4. The van der Waals surface area contributed by atoms with Crippen LogP contribution in [0, 0.1) is 0 Å². The molecule has 0 bridgehead atoms. The number of phosphoric acid groups is 1. The zero-order valence-electron chi connectivity index (χ0n) is 54.7. The first-order valence-corrected chi connectivity index (χ1v) is 36.2. The number of quaternary nitrogens is 1. The number of nitrogens with one attached hydrogen (secondary N) is 1. The van der Waals surface area contributed by atoms with Crippen LogP contribution >= 0.6 is 7.82 Å². The van der Waals surface area contributed by atoms with Gasteiger partial charge in [-0.25, -0.2) is 0 Å². The summed E-state index contributed by atoms with van der Waals surface area (Å²) in [6, 6.07) is -0.890. The largest absolute Gasteiger partial charge is 0.756 e. The molecule has 0 heterocycles. The van der Waals surface area contributed by atoms with Crippen LogP contribution in [0.3, 0.4) is 0 Å². The Kier molecular flexibility index (Phi) is 59.6. The number of amides is 1. The Hall–Kier alpha value is -2.55. The molecule has 0 rings (SSSR count). The smallest absolute Gasteiger partial charge is 0.306 e. The summed E-state index contributed by atoms with van der Waals surface area (Å²) in [5.74, 6) is -0.532. The molecule has 10 heteroatoms. The Morgan fingerprint density at radius 2 is 0.780 bits per heavy atom. The van der Waals surface area contributed by atoms with Gasteiger partial charge >= 0.3 is 5.97 Å². The lowest BCUT2D eigenvalue weighted by molar-refractivity contribution is -0.870. The number of carbonyl (C=O) groups excluding carboxylic acids is 2. The molecule has 0 saturated heterocycles. The SMILES string of the molecule is CC/C=C\C/C=C\C/C=C\C/C=C\C/C=C\CCCCCCCCCCCCCC(=O)OC(/C=C\CCCCCCCCCCCCC)C(COP(=O)([O-])OCC[N+](C)(C)C)NC(=O)CCCCCCCCCCCCCCCCCC. The van der Waals surface area contributed by atoms with E-state index in [4.69, 9.17) is 13.8 Å². The van der Waals surface area contributed by atoms with Crippen molar-refractivity contribution in [1.82, 2.24) is 5.32 Å². The number of allylic oxidation sites excluding steroid dienone is 11. The maximum Gasteiger partial charge on any atom is 0.306 e. The van der Waals surface area contributed by atoms with Gasteiger partial charge in [0.25, 0.3) is 7.82 Å². The molecule has 0 aromatic carbocycles. The highest BCUT2D eigenvalue weighted by Gasteiger charge is 2.27. The van der Waals surface area contributed by atoms with Crippen molar-refractivity contribution in [2.75, 3.05) is 40.9 Å². The van der Waals surface area contributed by atoms with E-state index in [-0.39, 0.29) is 31.5 Å². The number of hydrogen-bond donors (Lipinski definition) is 1. The average Bonchev–Trinajstić information content (AvgIpc) is 3.45. The number of ether oxygens (including phenoxy) is 1. The van der Waals surface area contributed by atoms with Crippen LogP contribution in [-0.2, 0) is 27.9 Å². The van der Waals surface area contributed by atoms with Gasteiger partial charge in [0.1, 0.15) is 19.3 Å². The summed E-state index contributed by atoms with van der Waals surface area (Å²) in [4.78, 5) is 40.1. The first-order chi connectivity index (χ1) is 39.9. The van der Waals surface area contributed by atoms with Crippen molar-refractivity contribution >= 4 is 19.7 Å². The van der Waals surface area contributed by atoms with Crippen molar-refractivity contribution in [1.29, 1.82) is 0 Å². The molecule has 1 amide bonds. The molecular formula is C72H133N2O7P. The van der Waals surface area contributed by atoms with E-state index in [9.17, 15) is 19.0 Å². The van der Waals surface area contributed by atoms with Gasteiger partial charge in [0, 0.05) is 12.8 Å². The van der Waals surface area contributed by atoms with Crippen molar-refractivity contribution in [3.63, 3.8) is 0 Å². The highest BCUT2D eigenvalue weighted by molar-refractivity contribution is 7.45. The summed E-state index contributed by atoms with van der Waals surface area (Å²) in [7, 11) is 1.19. The summed E-state index contributed by atoms with van der Waals surface area (Å²) >= 11 is 0. The molecule has 0 aliphatic rings. The number of hydrogen-bond acceptors (Lipinski definition) is 7.